The summed E-state index contributed by atoms with van der Waals surface area (Å²) >= 11 is 1.48. The third-order valence-electron chi connectivity index (χ3n) is 4.10. The second-order valence-electron chi connectivity index (χ2n) is 5.61. The van der Waals surface area contributed by atoms with Crippen molar-refractivity contribution in [2.24, 2.45) is 0 Å². The zero-order chi connectivity index (χ0) is 16.4. The molecule has 0 aliphatic heterocycles. The maximum absolute atomic E-state index is 12.2. The summed E-state index contributed by atoms with van der Waals surface area (Å²) < 4.78 is 0. The average Bonchev–Trinajstić information content (AvgIpc) is 2.90. The highest BCUT2D eigenvalue weighted by Crippen LogP contribution is 2.38. The number of aryl methyl sites for hydroxylation is 2. The van der Waals surface area contributed by atoms with Crippen LogP contribution in [0.1, 0.15) is 43.6 Å². The Hall–Kier alpha value is -2.01. The van der Waals surface area contributed by atoms with E-state index in [1.165, 1.54) is 26.7 Å². The molecule has 120 valence electrons. The van der Waals surface area contributed by atoms with E-state index in [-0.39, 0.29) is 11.8 Å². The van der Waals surface area contributed by atoms with Gasteiger partial charge in [0.25, 0.3) is 0 Å². The van der Waals surface area contributed by atoms with Gasteiger partial charge in [0.2, 0.25) is 11.8 Å². The Balaban J connectivity index is 2.09. The predicted octanol–water partition coefficient (Wildman–Crippen LogP) is 3.98. The van der Waals surface area contributed by atoms with Gasteiger partial charge in [0, 0.05) is 23.3 Å². The summed E-state index contributed by atoms with van der Waals surface area (Å²) in [7, 11) is 0. The van der Waals surface area contributed by atoms with Gasteiger partial charge < -0.3 is 0 Å². The van der Waals surface area contributed by atoms with Crippen molar-refractivity contribution in [3.8, 4) is 11.3 Å². The molecule has 0 saturated carbocycles. The lowest BCUT2D eigenvalue weighted by Crippen LogP contribution is -2.35. The lowest BCUT2D eigenvalue weighted by atomic mass is 10.0. The molecule has 0 unspecified atom stereocenters. The zero-order valence-electron chi connectivity index (χ0n) is 13.5. The standard InChI is InChI=1S/C18H20N2O2S/c1-3-15(21)20(16(22)4-2)18-19-17-13-10-6-5-8-12(13)9-7-11-14(17)23-18/h5-6,8,10H,3-4,7,9,11H2,1-2H3. The summed E-state index contributed by atoms with van der Waals surface area (Å²) in [6.45, 7) is 3.54. The quantitative estimate of drug-likeness (QED) is 0.856. The number of hydrogen-bond donors (Lipinski definition) is 0. The highest BCUT2D eigenvalue weighted by Gasteiger charge is 2.27. The first kappa shape index (κ1) is 15.9. The van der Waals surface area contributed by atoms with Gasteiger partial charge in [-0.1, -0.05) is 38.1 Å². The van der Waals surface area contributed by atoms with E-state index < -0.39 is 0 Å². The summed E-state index contributed by atoms with van der Waals surface area (Å²) in [6.07, 6.45) is 3.64. The maximum Gasteiger partial charge on any atom is 0.235 e. The van der Waals surface area contributed by atoms with Crippen LogP contribution in [0, 0.1) is 0 Å². The molecule has 2 amide bonds. The van der Waals surface area contributed by atoms with E-state index in [4.69, 9.17) is 4.98 Å². The summed E-state index contributed by atoms with van der Waals surface area (Å²) in [5.41, 5.74) is 3.37. The Morgan fingerprint density at radius 1 is 1.13 bits per heavy atom. The van der Waals surface area contributed by atoms with Crippen molar-refractivity contribution >= 4 is 28.3 Å². The molecule has 0 fully saturated rings. The number of imide groups is 1. The summed E-state index contributed by atoms with van der Waals surface area (Å²) in [5, 5.41) is 0.519. The van der Waals surface area contributed by atoms with Crippen molar-refractivity contribution in [1.82, 2.24) is 4.98 Å². The Morgan fingerprint density at radius 2 is 1.83 bits per heavy atom. The van der Waals surface area contributed by atoms with Crippen LogP contribution in [0.2, 0.25) is 0 Å². The predicted molar refractivity (Wildman–Crippen MR) is 92.7 cm³/mol. The molecular formula is C18H20N2O2S. The third kappa shape index (κ3) is 2.93. The van der Waals surface area contributed by atoms with Crippen LogP contribution in [0.25, 0.3) is 11.3 Å². The molecule has 1 heterocycles. The highest BCUT2D eigenvalue weighted by atomic mass is 32.1. The smallest absolute Gasteiger partial charge is 0.235 e. The van der Waals surface area contributed by atoms with E-state index in [1.54, 1.807) is 13.8 Å². The van der Waals surface area contributed by atoms with Crippen LogP contribution in [0.3, 0.4) is 0 Å². The molecule has 0 radical (unpaired) electrons. The minimum atomic E-state index is -0.186. The lowest BCUT2D eigenvalue weighted by molar-refractivity contribution is -0.126. The van der Waals surface area contributed by atoms with Gasteiger partial charge in [0.1, 0.15) is 0 Å². The molecule has 0 atom stereocenters. The Labute approximate surface area is 140 Å². The number of fused-ring (bicyclic) bond motifs is 3. The Bertz CT molecular complexity index is 735. The minimum Gasteiger partial charge on any atom is -0.274 e. The fourth-order valence-electron chi connectivity index (χ4n) is 2.89. The number of carbonyl (C=O) groups excluding carboxylic acids is 2. The number of rotatable bonds is 3. The number of nitrogens with zero attached hydrogens (tertiary/aromatic N) is 2. The van der Waals surface area contributed by atoms with E-state index in [9.17, 15) is 9.59 Å². The number of thiazole rings is 1. The van der Waals surface area contributed by atoms with Gasteiger partial charge >= 0.3 is 0 Å². The molecule has 0 spiro atoms. The Morgan fingerprint density at radius 3 is 2.52 bits per heavy atom. The first-order chi connectivity index (χ1) is 11.2. The highest BCUT2D eigenvalue weighted by molar-refractivity contribution is 7.16. The van der Waals surface area contributed by atoms with Gasteiger partial charge in [-0.3, -0.25) is 9.59 Å². The Kier molecular flexibility index (Phi) is 4.57. The molecule has 1 aliphatic carbocycles. The van der Waals surface area contributed by atoms with Crippen LogP contribution >= 0.6 is 11.3 Å². The number of aromatic nitrogens is 1. The second kappa shape index (κ2) is 6.62. The molecule has 0 bridgehead atoms. The molecule has 5 heteroatoms. The van der Waals surface area contributed by atoms with Crippen molar-refractivity contribution in [2.45, 2.75) is 46.0 Å². The second-order valence-corrected chi connectivity index (χ2v) is 6.67. The van der Waals surface area contributed by atoms with Gasteiger partial charge in [-0.05, 0) is 24.8 Å². The molecule has 1 aromatic heterocycles. The molecular weight excluding hydrogens is 308 g/mol. The van der Waals surface area contributed by atoms with Crippen molar-refractivity contribution in [3.63, 3.8) is 0 Å². The van der Waals surface area contributed by atoms with Crippen LogP contribution in [-0.2, 0) is 22.4 Å². The molecule has 3 rings (SSSR count). The van der Waals surface area contributed by atoms with Crippen LogP contribution in [0.15, 0.2) is 24.3 Å². The van der Waals surface area contributed by atoms with Crippen LogP contribution in [-0.4, -0.2) is 16.8 Å². The molecule has 2 aromatic rings. The number of hydrogen-bond acceptors (Lipinski definition) is 4. The largest absolute Gasteiger partial charge is 0.274 e. The van der Waals surface area contributed by atoms with Crippen molar-refractivity contribution in [2.75, 3.05) is 4.90 Å². The van der Waals surface area contributed by atoms with Crippen molar-refractivity contribution in [3.05, 3.63) is 34.7 Å². The van der Waals surface area contributed by atoms with Crippen molar-refractivity contribution < 1.29 is 9.59 Å². The molecule has 23 heavy (non-hydrogen) atoms. The van der Waals surface area contributed by atoms with E-state index in [2.05, 4.69) is 12.1 Å². The fraction of sp³-hybridized carbons (Fsp3) is 0.389. The van der Waals surface area contributed by atoms with Gasteiger partial charge in [0.15, 0.2) is 5.13 Å². The average molecular weight is 328 g/mol. The van der Waals surface area contributed by atoms with Crippen LogP contribution in [0.5, 0.6) is 0 Å². The molecule has 1 aliphatic rings. The topological polar surface area (TPSA) is 50.3 Å². The first-order valence-electron chi connectivity index (χ1n) is 8.09. The van der Waals surface area contributed by atoms with Crippen molar-refractivity contribution in [1.29, 1.82) is 0 Å². The van der Waals surface area contributed by atoms with E-state index in [1.807, 2.05) is 12.1 Å². The minimum absolute atomic E-state index is 0.186. The molecule has 0 N–H and O–H groups in total. The fourth-order valence-corrected chi connectivity index (χ4v) is 4.04. The third-order valence-corrected chi connectivity index (χ3v) is 5.20. The van der Waals surface area contributed by atoms with E-state index in [0.717, 1.165) is 30.5 Å². The normalized spacial score (nSPS) is 13.0. The zero-order valence-corrected chi connectivity index (χ0v) is 14.3. The number of anilines is 1. The summed E-state index contributed by atoms with van der Waals surface area (Å²) in [4.78, 5) is 31.5. The number of benzene rings is 1. The number of amides is 2. The van der Waals surface area contributed by atoms with Crippen LogP contribution < -0.4 is 4.90 Å². The maximum atomic E-state index is 12.2. The van der Waals surface area contributed by atoms with Gasteiger partial charge in [-0.15, -0.1) is 11.3 Å². The molecule has 1 aromatic carbocycles. The van der Waals surface area contributed by atoms with Gasteiger partial charge in [-0.2, -0.15) is 0 Å². The molecule has 4 nitrogen and oxygen atoms in total. The molecule has 0 saturated heterocycles. The monoisotopic (exact) mass is 328 g/mol. The van der Waals surface area contributed by atoms with E-state index in [0.29, 0.717) is 18.0 Å². The SMILES string of the molecule is CCC(=O)N(C(=O)CC)c1nc2c(s1)CCCc1ccccc1-2. The van der Waals surface area contributed by atoms with Gasteiger partial charge in [-0.25, -0.2) is 9.88 Å². The summed E-state index contributed by atoms with van der Waals surface area (Å²) in [6, 6.07) is 8.27. The van der Waals surface area contributed by atoms with E-state index >= 15 is 0 Å². The summed E-state index contributed by atoms with van der Waals surface area (Å²) in [5.74, 6) is -0.372. The first-order valence-corrected chi connectivity index (χ1v) is 8.91. The van der Waals surface area contributed by atoms with Crippen LogP contribution in [0.4, 0.5) is 5.13 Å². The lowest BCUT2D eigenvalue weighted by Gasteiger charge is -2.16. The number of carbonyl (C=O) groups is 2. The van der Waals surface area contributed by atoms with Gasteiger partial charge in [0.05, 0.1) is 5.69 Å².